The van der Waals surface area contributed by atoms with E-state index in [9.17, 15) is 47.1 Å². The summed E-state index contributed by atoms with van der Waals surface area (Å²) in [7, 11) is -3.84. The summed E-state index contributed by atoms with van der Waals surface area (Å²) in [5.41, 5.74) is 2.26. The summed E-state index contributed by atoms with van der Waals surface area (Å²) >= 11 is 7.37. The number of amides is 5. The Morgan fingerprint density at radius 2 is 1.68 bits per heavy atom. The van der Waals surface area contributed by atoms with E-state index in [1.807, 2.05) is 19.9 Å². The fraction of sp³-hybridized carbons (Fsp3) is 0.370. The number of imide groups is 1. The predicted octanol–water partition coefficient (Wildman–Crippen LogP) is 4.65. The summed E-state index contributed by atoms with van der Waals surface area (Å²) in [6.45, 7) is 3.22. The summed E-state index contributed by atoms with van der Waals surface area (Å²) < 4.78 is 40.5. The van der Waals surface area contributed by atoms with Crippen molar-refractivity contribution in [1.82, 2.24) is 19.4 Å². The van der Waals surface area contributed by atoms with Gasteiger partial charge in [0, 0.05) is 60.1 Å². The first-order valence-electron chi connectivity index (χ1n) is 21.6. The Balaban J connectivity index is 0.816. The molecule has 358 valence electrons. The van der Waals surface area contributed by atoms with E-state index in [-0.39, 0.29) is 96.7 Å². The lowest BCUT2D eigenvalue weighted by Gasteiger charge is -2.45. The van der Waals surface area contributed by atoms with E-state index in [2.05, 4.69) is 16.0 Å². The maximum Gasteiger partial charge on any atom is 0.349 e. The first kappa shape index (κ1) is 47.9. The van der Waals surface area contributed by atoms with Crippen molar-refractivity contribution in [2.75, 3.05) is 43.5 Å². The van der Waals surface area contributed by atoms with Crippen LogP contribution < -0.4 is 25.4 Å². The molecule has 3 saturated heterocycles. The molecule has 3 fully saturated rings. The third kappa shape index (κ3) is 10.2. The normalized spacial score (nSPS) is 19.4. The molecule has 68 heavy (non-hydrogen) atoms. The topological polar surface area (TPSA) is 258 Å². The van der Waals surface area contributed by atoms with Crippen LogP contribution >= 0.6 is 22.9 Å². The number of carboxylic acid groups (broad SMARTS) is 2. The number of rotatable bonds is 16. The second-order valence-corrected chi connectivity index (χ2v) is 20.9. The monoisotopic (exact) mass is 990 g/mol. The number of likely N-dealkylation sites (tertiary alicyclic amines) is 1. The number of nitrogens with one attached hydrogen (secondary N) is 3. The number of aliphatic carboxylic acids is 1. The first-order valence-corrected chi connectivity index (χ1v) is 24.4. The zero-order valence-electron chi connectivity index (χ0n) is 36.8. The van der Waals surface area contributed by atoms with Gasteiger partial charge in [0.2, 0.25) is 27.7 Å². The van der Waals surface area contributed by atoms with Gasteiger partial charge in [-0.2, -0.15) is 4.31 Å². The maximum atomic E-state index is 14.0. The van der Waals surface area contributed by atoms with Gasteiger partial charge in [-0.25, -0.2) is 18.0 Å². The molecule has 8 rings (SSSR count). The molecule has 5 N–H and O–H groups in total. The molecular formula is C46H47ClN6O13S2. The van der Waals surface area contributed by atoms with E-state index < -0.39 is 52.0 Å². The minimum Gasteiger partial charge on any atom is -0.483 e. The quantitative estimate of drug-likeness (QED) is 0.0958. The van der Waals surface area contributed by atoms with E-state index in [4.69, 9.17) is 26.2 Å². The second-order valence-electron chi connectivity index (χ2n) is 17.6. The number of ether oxygens (including phenoxy) is 2. The Bertz CT molecular complexity index is 2850. The number of piperidine rings is 2. The predicted molar refractivity (Wildman–Crippen MR) is 248 cm³/mol. The Morgan fingerprint density at radius 3 is 2.40 bits per heavy atom. The van der Waals surface area contributed by atoms with Gasteiger partial charge in [-0.05, 0) is 80.6 Å². The largest absolute Gasteiger partial charge is 0.483 e. The van der Waals surface area contributed by atoms with E-state index in [1.165, 1.54) is 14.1 Å². The fourth-order valence-electron chi connectivity index (χ4n) is 9.04. The summed E-state index contributed by atoms with van der Waals surface area (Å²) in [6.07, 6.45) is 1.27. The Hall–Kier alpha value is -6.55. The number of carbonyl (C=O) groups is 7. The van der Waals surface area contributed by atoms with Crippen molar-refractivity contribution in [3.05, 3.63) is 93.3 Å². The lowest BCUT2D eigenvalue weighted by Crippen LogP contribution is -2.55. The number of benzene rings is 3. The molecule has 1 unspecified atom stereocenters. The van der Waals surface area contributed by atoms with Gasteiger partial charge in [0.25, 0.3) is 11.8 Å². The van der Waals surface area contributed by atoms with Crippen LogP contribution in [0.2, 0.25) is 5.02 Å². The Morgan fingerprint density at radius 1 is 0.941 bits per heavy atom. The standard InChI is InChI=1S/C46H47ClN6O13S2/c1-46(2)18-30(48-29-9-4-7-26(17-29)40-38(47)39(66-23-37(56)57)41(67-40)45(61)62)14-15-53(46)68(63,64)24-25-6-3-8-28(16-25)49-42(58)27-19-51(20-27)36(55)22-65-34-11-5-10-31-32(34)21-52(44(31)60)33-12-13-35(54)50-43(33)59/h3-11,16-17,27,30,33,48H,12-15,18-24H2,1-2H3,(H,49,58)(H,56,57)(H,61,62)(H,50,54,59)/t30-,33?/m0/s1. The molecule has 0 aliphatic carbocycles. The molecule has 1 aromatic heterocycles. The zero-order chi connectivity index (χ0) is 48.7. The van der Waals surface area contributed by atoms with Gasteiger partial charge >= 0.3 is 11.9 Å². The maximum absolute atomic E-state index is 14.0. The van der Waals surface area contributed by atoms with Gasteiger partial charge in [0.05, 0.1) is 23.1 Å². The molecule has 0 spiro atoms. The van der Waals surface area contributed by atoms with Crippen LogP contribution in [0.25, 0.3) is 10.4 Å². The summed E-state index contributed by atoms with van der Waals surface area (Å²) in [5.74, 6) is -5.27. The molecule has 19 nitrogen and oxygen atoms in total. The number of carboxylic acids is 2. The van der Waals surface area contributed by atoms with Crippen molar-refractivity contribution in [3.63, 3.8) is 0 Å². The molecule has 3 aromatic carbocycles. The van der Waals surface area contributed by atoms with Gasteiger partial charge in [0.1, 0.15) is 16.8 Å². The van der Waals surface area contributed by atoms with Crippen molar-refractivity contribution in [2.45, 2.75) is 69.5 Å². The highest BCUT2D eigenvalue weighted by Gasteiger charge is 2.43. The number of hydrogen-bond acceptors (Lipinski definition) is 13. The number of thiophene rings is 1. The first-order chi connectivity index (χ1) is 32.3. The van der Waals surface area contributed by atoms with Crippen molar-refractivity contribution in [3.8, 4) is 21.9 Å². The van der Waals surface area contributed by atoms with Crippen LogP contribution in [0.15, 0.2) is 66.7 Å². The highest BCUT2D eigenvalue weighted by Crippen LogP contribution is 2.46. The molecule has 0 bridgehead atoms. The lowest BCUT2D eigenvalue weighted by molar-refractivity contribution is -0.143. The van der Waals surface area contributed by atoms with Crippen LogP contribution in [0.3, 0.4) is 0 Å². The molecule has 0 radical (unpaired) electrons. The van der Waals surface area contributed by atoms with Gasteiger partial charge in [0.15, 0.2) is 23.8 Å². The van der Waals surface area contributed by atoms with E-state index >= 15 is 0 Å². The van der Waals surface area contributed by atoms with Crippen LogP contribution in [0.1, 0.15) is 70.7 Å². The molecule has 4 aliphatic rings. The SMILES string of the molecule is CC1(C)C[C@@H](Nc2cccc(-c3sc(C(=O)O)c(OCC(=O)O)c3Cl)c2)CCN1S(=O)(=O)Cc1cccc(NC(=O)C2CN(C(=O)COc3cccc4c3CN(C3CCC(=O)NC3=O)C4=O)C2)c1. The highest BCUT2D eigenvalue weighted by atomic mass is 35.5. The van der Waals surface area contributed by atoms with Crippen molar-refractivity contribution in [1.29, 1.82) is 0 Å². The van der Waals surface area contributed by atoms with E-state index in [0.29, 0.717) is 57.1 Å². The highest BCUT2D eigenvalue weighted by molar-refractivity contribution is 7.88. The summed E-state index contributed by atoms with van der Waals surface area (Å²) in [4.78, 5) is 89.6. The number of sulfonamides is 1. The minimum absolute atomic E-state index is 0.0150. The molecular weight excluding hydrogens is 944 g/mol. The Labute approximate surface area is 399 Å². The van der Waals surface area contributed by atoms with Gasteiger partial charge in [-0.1, -0.05) is 41.9 Å². The molecule has 22 heteroatoms. The van der Waals surface area contributed by atoms with Crippen molar-refractivity contribution < 1.29 is 61.7 Å². The van der Waals surface area contributed by atoms with Gasteiger partial charge in [-0.3, -0.25) is 29.3 Å². The third-order valence-electron chi connectivity index (χ3n) is 12.3. The Kier molecular flexibility index (Phi) is 13.5. The van der Waals surface area contributed by atoms with E-state index in [0.717, 1.165) is 11.3 Å². The number of carbonyl (C=O) groups excluding carboxylic acids is 5. The molecule has 5 heterocycles. The average molecular weight is 991 g/mol. The molecule has 4 aromatic rings. The van der Waals surface area contributed by atoms with Crippen LogP contribution in [-0.2, 0) is 46.3 Å². The number of nitrogens with zero attached hydrogens (tertiary/aromatic N) is 3. The summed E-state index contributed by atoms with van der Waals surface area (Å²) in [5, 5.41) is 27.3. The fourth-order valence-corrected chi connectivity index (χ4v) is 12.4. The van der Waals surface area contributed by atoms with Crippen LogP contribution in [0.5, 0.6) is 11.5 Å². The molecule has 4 aliphatic heterocycles. The van der Waals surface area contributed by atoms with Gasteiger partial charge in [-0.15, -0.1) is 11.3 Å². The number of halogens is 1. The number of aromatic carboxylic acids is 1. The van der Waals surface area contributed by atoms with Crippen LogP contribution in [-0.4, -0.2) is 125 Å². The smallest absolute Gasteiger partial charge is 0.349 e. The second kappa shape index (κ2) is 19.2. The number of fused-ring (bicyclic) bond motifs is 1. The van der Waals surface area contributed by atoms with Crippen molar-refractivity contribution >= 4 is 85.8 Å². The molecule has 0 saturated carbocycles. The van der Waals surface area contributed by atoms with Crippen LogP contribution in [0, 0.1) is 5.92 Å². The lowest BCUT2D eigenvalue weighted by atomic mass is 9.89. The zero-order valence-corrected chi connectivity index (χ0v) is 39.2. The van der Waals surface area contributed by atoms with Crippen LogP contribution in [0.4, 0.5) is 11.4 Å². The van der Waals surface area contributed by atoms with Crippen molar-refractivity contribution in [2.24, 2.45) is 5.92 Å². The van der Waals surface area contributed by atoms with E-state index in [1.54, 1.807) is 60.7 Å². The summed E-state index contributed by atoms with van der Waals surface area (Å²) in [6, 6.07) is 17.7. The number of anilines is 2. The average Bonchev–Trinajstić information content (AvgIpc) is 3.77. The number of hydrogen-bond donors (Lipinski definition) is 5. The molecule has 2 atom stereocenters. The third-order valence-corrected chi connectivity index (χ3v) is 16.0. The van der Waals surface area contributed by atoms with Gasteiger partial charge < -0.3 is 40.1 Å². The minimum atomic E-state index is -3.84. The molecule has 5 amide bonds.